The molecule has 0 aliphatic carbocycles. The van der Waals surface area contributed by atoms with E-state index in [0.717, 1.165) is 0 Å². The van der Waals surface area contributed by atoms with E-state index in [1.165, 1.54) is 6.07 Å². The first kappa shape index (κ1) is 17.4. The third-order valence-corrected chi connectivity index (χ3v) is 5.52. The monoisotopic (exact) mass is 364 g/mol. The van der Waals surface area contributed by atoms with Crippen molar-refractivity contribution in [2.45, 2.75) is 37.8 Å². The molecule has 1 aliphatic rings. The van der Waals surface area contributed by atoms with Gasteiger partial charge in [0, 0.05) is 31.5 Å². The minimum Gasteiger partial charge on any atom is -0.479 e. The van der Waals surface area contributed by atoms with E-state index in [9.17, 15) is 13.2 Å². The van der Waals surface area contributed by atoms with Crippen molar-refractivity contribution in [3.05, 3.63) is 36.2 Å². The van der Waals surface area contributed by atoms with Crippen molar-refractivity contribution in [2.75, 3.05) is 11.9 Å². The van der Waals surface area contributed by atoms with Crippen molar-refractivity contribution < 1.29 is 17.9 Å². The van der Waals surface area contributed by atoms with Crippen LogP contribution in [-0.4, -0.2) is 36.8 Å². The summed E-state index contributed by atoms with van der Waals surface area (Å²) in [5.41, 5.74) is 1.02. The molecule has 0 fully saturated rings. The summed E-state index contributed by atoms with van der Waals surface area (Å²) in [5.74, 6) is 0.105. The van der Waals surface area contributed by atoms with Crippen LogP contribution in [-0.2, 0) is 21.4 Å². The fourth-order valence-corrected chi connectivity index (χ4v) is 3.90. The molecule has 3 rings (SSSR count). The van der Waals surface area contributed by atoms with Gasteiger partial charge in [0.15, 0.2) is 6.10 Å². The summed E-state index contributed by atoms with van der Waals surface area (Å²) in [6, 6.07) is 4.88. The minimum atomic E-state index is -3.67. The van der Waals surface area contributed by atoms with Gasteiger partial charge in [0.1, 0.15) is 5.75 Å². The van der Waals surface area contributed by atoms with Gasteiger partial charge in [-0.25, -0.2) is 13.1 Å². The summed E-state index contributed by atoms with van der Waals surface area (Å²) < 4.78 is 35.0. The van der Waals surface area contributed by atoms with E-state index >= 15 is 0 Å². The van der Waals surface area contributed by atoms with Crippen LogP contribution in [0.1, 0.15) is 18.9 Å². The number of carbonyl (C=O) groups excluding carboxylic acids is 1. The van der Waals surface area contributed by atoms with E-state index in [0.29, 0.717) is 36.5 Å². The molecule has 8 nitrogen and oxygen atoms in total. The molecule has 0 bridgehead atoms. The van der Waals surface area contributed by atoms with Gasteiger partial charge in [-0.2, -0.15) is 5.10 Å². The summed E-state index contributed by atoms with van der Waals surface area (Å²) in [5, 5.41) is 6.78. The number of benzene rings is 1. The summed E-state index contributed by atoms with van der Waals surface area (Å²) in [6.45, 7) is 4.22. The van der Waals surface area contributed by atoms with Crippen molar-refractivity contribution in [2.24, 2.45) is 0 Å². The molecule has 1 atom stereocenters. The molecule has 2 N–H and O–H groups in total. The lowest BCUT2D eigenvalue weighted by atomic mass is 10.1. The third kappa shape index (κ3) is 3.83. The SMILES string of the molecule is Cc1cc2c(cc1S(=O)(=O)NCCCn1cccn1)OC(C)C(=O)N2. The molecule has 2 heterocycles. The van der Waals surface area contributed by atoms with Crippen LogP contribution in [0.15, 0.2) is 35.5 Å². The zero-order chi connectivity index (χ0) is 18.0. The molecule has 25 heavy (non-hydrogen) atoms. The first-order chi connectivity index (χ1) is 11.9. The van der Waals surface area contributed by atoms with E-state index in [-0.39, 0.29) is 10.8 Å². The van der Waals surface area contributed by atoms with Gasteiger partial charge < -0.3 is 10.1 Å². The molecule has 0 saturated carbocycles. The van der Waals surface area contributed by atoms with Crippen LogP contribution in [0.5, 0.6) is 5.75 Å². The topological polar surface area (TPSA) is 102 Å². The van der Waals surface area contributed by atoms with Crippen molar-refractivity contribution in [3.63, 3.8) is 0 Å². The van der Waals surface area contributed by atoms with Crippen molar-refractivity contribution >= 4 is 21.6 Å². The number of rotatable bonds is 6. The molecule has 0 radical (unpaired) electrons. The van der Waals surface area contributed by atoms with E-state index in [1.54, 1.807) is 30.8 Å². The Labute approximate surface area is 146 Å². The second kappa shape index (κ2) is 6.85. The highest BCUT2D eigenvalue weighted by Gasteiger charge is 2.27. The number of nitrogens with zero attached hydrogens (tertiary/aromatic N) is 2. The second-order valence-corrected chi connectivity index (χ2v) is 7.62. The quantitative estimate of drug-likeness (QED) is 0.752. The molecule has 9 heteroatoms. The average Bonchev–Trinajstić information content (AvgIpc) is 3.06. The van der Waals surface area contributed by atoms with Gasteiger partial charge in [-0.1, -0.05) is 0 Å². The summed E-state index contributed by atoms with van der Waals surface area (Å²) >= 11 is 0. The lowest BCUT2D eigenvalue weighted by Gasteiger charge is -2.24. The van der Waals surface area contributed by atoms with E-state index in [1.807, 2.05) is 12.3 Å². The van der Waals surface area contributed by atoms with Gasteiger partial charge in [-0.15, -0.1) is 0 Å². The number of hydrogen-bond donors (Lipinski definition) is 2. The predicted molar refractivity (Wildman–Crippen MR) is 91.9 cm³/mol. The lowest BCUT2D eigenvalue weighted by Crippen LogP contribution is -2.34. The number of aryl methyl sites for hydroxylation is 2. The van der Waals surface area contributed by atoms with Crippen LogP contribution in [0.4, 0.5) is 5.69 Å². The number of fused-ring (bicyclic) bond motifs is 1. The second-order valence-electron chi connectivity index (χ2n) is 5.88. The zero-order valence-electron chi connectivity index (χ0n) is 14.0. The molecule has 1 aliphatic heterocycles. The van der Waals surface area contributed by atoms with Crippen molar-refractivity contribution in [1.82, 2.24) is 14.5 Å². The molecule has 0 spiro atoms. The Balaban J connectivity index is 1.71. The maximum absolute atomic E-state index is 12.6. The van der Waals surface area contributed by atoms with E-state index in [2.05, 4.69) is 15.1 Å². The Morgan fingerprint density at radius 3 is 2.92 bits per heavy atom. The Morgan fingerprint density at radius 1 is 1.40 bits per heavy atom. The van der Waals surface area contributed by atoms with Crippen LogP contribution in [0.25, 0.3) is 0 Å². The molecule has 134 valence electrons. The number of ether oxygens (including phenoxy) is 1. The third-order valence-electron chi connectivity index (χ3n) is 3.91. The van der Waals surface area contributed by atoms with Gasteiger partial charge in [-0.3, -0.25) is 9.48 Å². The summed E-state index contributed by atoms with van der Waals surface area (Å²) in [7, 11) is -3.67. The Kier molecular flexibility index (Phi) is 4.78. The lowest BCUT2D eigenvalue weighted by molar-refractivity contribution is -0.122. The largest absolute Gasteiger partial charge is 0.479 e. The number of amides is 1. The number of carbonyl (C=O) groups is 1. The highest BCUT2D eigenvalue weighted by atomic mass is 32.2. The molecule has 1 aromatic heterocycles. The molecule has 1 amide bonds. The van der Waals surface area contributed by atoms with Crippen molar-refractivity contribution in [1.29, 1.82) is 0 Å². The molecule has 2 aromatic rings. The Bertz CT molecular complexity index is 878. The van der Waals surface area contributed by atoms with Gasteiger partial charge in [0.05, 0.1) is 10.6 Å². The average molecular weight is 364 g/mol. The molecule has 0 saturated heterocycles. The maximum atomic E-state index is 12.6. The summed E-state index contributed by atoms with van der Waals surface area (Å²) in [6.07, 6.45) is 3.47. The van der Waals surface area contributed by atoms with E-state index < -0.39 is 16.1 Å². The molecular formula is C16H20N4O4S. The minimum absolute atomic E-state index is 0.147. The fourth-order valence-electron chi connectivity index (χ4n) is 2.59. The maximum Gasteiger partial charge on any atom is 0.265 e. The number of aromatic nitrogens is 2. The predicted octanol–water partition coefficient (Wildman–Crippen LogP) is 1.28. The van der Waals surface area contributed by atoms with Crippen LogP contribution in [0, 0.1) is 6.92 Å². The van der Waals surface area contributed by atoms with Gasteiger partial charge in [-0.05, 0) is 38.0 Å². The summed E-state index contributed by atoms with van der Waals surface area (Å²) in [4.78, 5) is 11.8. The number of anilines is 1. The first-order valence-electron chi connectivity index (χ1n) is 7.96. The number of hydrogen-bond acceptors (Lipinski definition) is 5. The highest BCUT2D eigenvalue weighted by Crippen LogP contribution is 2.34. The molecule has 1 aromatic carbocycles. The van der Waals surface area contributed by atoms with Crippen LogP contribution < -0.4 is 14.8 Å². The van der Waals surface area contributed by atoms with Gasteiger partial charge >= 0.3 is 0 Å². The Hall–Kier alpha value is -2.39. The Morgan fingerprint density at radius 2 is 2.20 bits per heavy atom. The first-order valence-corrected chi connectivity index (χ1v) is 9.44. The number of sulfonamides is 1. The highest BCUT2D eigenvalue weighted by molar-refractivity contribution is 7.89. The molecule has 1 unspecified atom stereocenters. The van der Waals surface area contributed by atoms with Crippen LogP contribution in [0.3, 0.4) is 0 Å². The van der Waals surface area contributed by atoms with Crippen LogP contribution in [0.2, 0.25) is 0 Å². The van der Waals surface area contributed by atoms with Gasteiger partial charge in [0.25, 0.3) is 5.91 Å². The fraction of sp³-hybridized carbons (Fsp3) is 0.375. The normalized spacial score (nSPS) is 16.9. The van der Waals surface area contributed by atoms with Gasteiger partial charge in [0.2, 0.25) is 10.0 Å². The smallest absolute Gasteiger partial charge is 0.265 e. The standard InChI is InChI=1S/C16H20N4O4S/c1-11-9-13-14(24-12(2)16(21)19-13)10-15(11)25(22,23)18-6-4-8-20-7-3-5-17-20/h3,5,7,9-10,12,18H,4,6,8H2,1-2H3,(H,19,21). The van der Waals surface area contributed by atoms with Crippen molar-refractivity contribution in [3.8, 4) is 5.75 Å². The van der Waals surface area contributed by atoms with E-state index in [4.69, 9.17) is 4.74 Å². The van der Waals surface area contributed by atoms with Crippen LogP contribution >= 0.6 is 0 Å². The zero-order valence-corrected chi connectivity index (χ0v) is 14.8. The number of nitrogens with one attached hydrogen (secondary N) is 2. The molecular weight excluding hydrogens is 344 g/mol.